The van der Waals surface area contributed by atoms with Crippen molar-refractivity contribution in [2.75, 3.05) is 19.7 Å². The van der Waals surface area contributed by atoms with Crippen LogP contribution in [0.4, 0.5) is 0 Å². The standard InChI is InChI=1S/C12H16BrNO/c1-2-7-14(8-9-15)10-11-3-5-12(13)6-4-11/h2-6,15H,1,7-10H2. The molecule has 3 heteroatoms. The molecule has 0 unspecified atom stereocenters. The van der Waals surface area contributed by atoms with Crippen LogP contribution in [0, 0.1) is 0 Å². The van der Waals surface area contributed by atoms with E-state index in [1.165, 1.54) is 5.56 Å². The van der Waals surface area contributed by atoms with E-state index in [0.717, 1.165) is 17.6 Å². The molecule has 0 atom stereocenters. The third kappa shape index (κ3) is 4.60. The molecule has 0 saturated heterocycles. The summed E-state index contributed by atoms with van der Waals surface area (Å²) in [5, 5.41) is 8.90. The van der Waals surface area contributed by atoms with Crippen LogP contribution in [-0.4, -0.2) is 29.7 Å². The average molecular weight is 270 g/mol. The molecule has 0 aliphatic heterocycles. The smallest absolute Gasteiger partial charge is 0.0558 e. The van der Waals surface area contributed by atoms with E-state index in [9.17, 15) is 0 Å². The van der Waals surface area contributed by atoms with Crippen molar-refractivity contribution in [2.24, 2.45) is 0 Å². The number of aliphatic hydroxyl groups excluding tert-OH is 1. The zero-order chi connectivity index (χ0) is 11.1. The Morgan fingerprint density at radius 2 is 2.00 bits per heavy atom. The molecular formula is C12H16BrNO. The Bertz CT molecular complexity index is 297. The molecule has 1 N–H and O–H groups in total. The van der Waals surface area contributed by atoms with Gasteiger partial charge in [0.05, 0.1) is 6.61 Å². The molecule has 0 spiro atoms. The van der Waals surface area contributed by atoms with Gasteiger partial charge in [0.25, 0.3) is 0 Å². The number of nitrogens with zero attached hydrogens (tertiary/aromatic N) is 1. The lowest BCUT2D eigenvalue weighted by atomic mass is 10.2. The third-order valence-electron chi connectivity index (χ3n) is 2.12. The Kier molecular flexibility index (Phi) is 5.61. The molecule has 0 bridgehead atoms. The zero-order valence-corrected chi connectivity index (χ0v) is 10.3. The largest absolute Gasteiger partial charge is 0.395 e. The maximum atomic E-state index is 8.90. The first-order valence-corrected chi connectivity index (χ1v) is 5.74. The summed E-state index contributed by atoms with van der Waals surface area (Å²) in [7, 11) is 0. The van der Waals surface area contributed by atoms with Gasteiger partial charge in [-0.25, -0.2) is 0 Å². The highest BCUT2D eigenvalue weighted by molar-refractivity contribution is 9.10. The molecule has 0 amide bonds. The molecule has 0 heterocycles. The van der Waals surface area contributed by atoms with Crippen LogP contribution in [0.25, 0.3) is 0 Å². The van der Waals surface area contributed by atoms with Crippen LogP contribution < -0.4 is 0 Å². The second-order valence-electron chi connectivity index (χ2n) is 3.37. The fourth-order valence-corrected chi connectivity index (χ4v) is 1.67. The second-order valence-corrected chi connectivity index (χ2v) is 4.29. The quantitative estimate of drug-likeness (QED) is 0.802. The summed E-state index contributed by atoms with van der Waals surface area (Å²) in [5.41, 5.74) is 1.24. The van der Waals surface area contributed by atoms with Crippen molar-refractivity contribution in [3.8, 4) is 0 Å². The SMILES string of the molecule is C=CCN(CCO)Cc1ccc(Br)cc1. The molecule has 0 aliphatic rings. The highest BCUT2D eigenvalue weighted by Gasteiger charge is 2.02. The predicted molar refractivity (Wildman–Crippen MR) is 66.7 cm³/mol. The topological polar surface area (TPSA) is 23.5 Å². The Hall–Kier alpha value is -0.640. The Morgan fingerprint density at radius 1 is 1.33 bits per heavy atom. The Labute approximate surface area is 99.4 Å². The van der Waals surface area contributed by atoms with Crippen LogP contribution in [-0.2, 0) is 6.54 Å². The first-order chi connectivity index (χ1) is 7.26. The number of hydrogen-bond donors (Lipinski definition) is 1. The Morgan fingerprint density at radius 3 is 2.53 bits per heavy atom. The molecular weight excluding hydrogens is 254 g/mol. The number of aliphatic hydroxyl groups is 1. The highest BCUT2D eigenvalue weighted by Crippen LogP contribution is 2.12. The molecule has 2 nitrogen and oxygen atoms in total. The molecule has 1 rings (SSSR count). The van der Waals surface area contributed by atoms with Crippen LogP contribution in [0.2, 0.25) is 0 Å². The van der Waals surface area contributed by atoms with Gasteiger partial charge in [-0.3, -0.25) is 4.90 Å². The van der Waals surface area contributed by atoms with Gasteiger partial charge in [0.1, 0.15) is 0 Å². The van der Waals surface area contributed by atoms with Gasteiger partial charge in [-0.15, -0.1) is 6.58 Å². The number of benzene rings is 1. The minimum Gasteiger partial charge on any atom is -0.395 e. The molecule has 15 heavy (non-hydrogen) atoms. The van der Waals surface area contributed by atoms with Crippen molar-refractivity contribution in [1.82, 2.24) is 4.90 Å². The van der Waals surface area contributed by atoms with Crippen LogP contribution >= 0.6 is 15.9 Å². The van der Waals surface area contributed by atoms with Crippen molar-refractivity contribution in [1.29, 1.82) is 0 Å². The average Bonchev–Trinajstić information content (AvgIpc) is 2.22. The molecule has 0 aromatic heterocycles. The summed E-state index contributed by atoms with van der Waals surface area (Å²) in [6.45, 7) is 6.22. The summed E-state index contributed by atoms with van der Waals surface area (Å²) >= 11 is 3.40. The predicted octanol–water partition coefficient (Wildman–Crippen LogP) is 2.43. The van der Waals surface area contributed by atoms with Crippen LogP contribution in [0.5, 0.6) is 0 Å². The third-order valence-corrected chi connectivity index (χ3v) is 2.65. The summed E-state index contributed by atoms with van der Waals surface area (Å²) < 4.78 is 1.09. The van der Waals surface area contributed by atoms with Crippen molar-refractivity contribution in [2.45, 2.75) is 6.54 Å². The summed E-state index contributed by atoms with van der Waals surface area (Å²) in [4.78, 5) is 2.15. The van der Waals surface area contributed by atoms with Gasteiger partial charge in [-0.2, -0.15) is 0 Å². The summed E-state index contributed by atoms with van der Waals surface area (Å²) in [5.74, 6) is 0. The van der Waals surface area contributed by atoms with E-state index in [4.69, 9.17) is 5.11 Å². The molecule has 0 saturated carbocycles. The molecule has 1 aromatic carbocycles. The first kappa shape index (κ1) is 12.4. The van der Waals surface area contributed by atoms with Gasteiger partial charge in [-0.05, 0) is 17.7 Å². The van der Waals surface area contributed by atoms with Crippen molar-refractivity contribution >= 4 is 15.9 Å². The minimum absolute atomic E-state index is 0.185. The van der Waals surface area contributed by atoms with Gasteiger partial charge < -0.3 is 5.11 Å². The lowest BCUT2D eigenvalue weighted by Crippen LogP contribution is -2.26. The highest BCUT2D eigenvalue weighted by atomic mass is 79.9. The summed E-state index contributed by atoms with van der Waals surface area (Å²) in [6, 6.07) is 8.22. The van der Waals surface area contributed by atoms with E-state index in [0.29, 0.717) is 6.54 Å². The van der Waals surface area contributed by atoms with Crippen LogP contribution in [0.1, 0.15) is 5.56 Å². The molecule has 1 aromatic rings. The van der Waals surface area contributed by atoms with Gasteiger partial charge >= 0.3 is 0 Å². The number of rotatable bonds is 6. The fourth-order valence-electron chi connectivity index (χ4n) is 1.41. The van der Waals surface area contributed by atoms with E-state index >= 15 is 0 Å². The zero-order valence-electron chi connectivity index (χ0n) is 8.69. The maximum absolute atomic E-state index is 8.90. The van der Waals surface area contributed by atoms with E-state index in [-0.39, 0.29) is 6.61 Å². The number of halogens is 1. The minimum atomic E-state index is 0.185. The lowest BCUT2D eigenvalue weighted by Gasteiger charge is -2.19. The van der Waals surface area contributed by atoms with Crippen molar-refractivity contribution < 1.29 is 5.11 Å². The van der Waals surface area contributed by atoms with Crippen LogP contribution in [0.15, 0.2) is 41.4 Å². The number of hydrogen-bond acceptors (Lipinski definition) is 2. The van der Waals surface area contributed by atoms with Gasteiger partial charge in [-0.1, -0.05) is 34.1 Å². The van der Waals surface area contributed by atoms with Gasteiger partial charge in [0.2, 0.25) is 0 Å². The van der Waals surface area contributed by atoms with Gasteiger partial charge in [0.15, 0.2) is 0 Å². The fraction of sp³-hybridized carbons (Fsp3) is 0.333. The molecule has 0 aliphatic carbocycles. The monoisotopic (exact) mass is 269 g/mol. The van der Waals surface area contributed by atoms with E-state index in [1.54, 1.807) is 0 Å². The first-order valence-electron chi connectivity index (χ1n) is 4.95. The maximum Gasteiger partial charge on any atom is 0.0558 e. The summed E-state index contributed by atoms with van der Waals surface area (Å²) in [6.07, 6.45) is 1.86. The van der Waals surface area contributed by atoms with Gasteiger partial charge in [0, 0.05) is 24.1 Å². The van der Waals surface area contributed by atoms with Crippen molar-refractivity contribution in [3.05, 3.63) is 47.0 Å². The van der Waals surface area contributed by atoms with E-state index < -0.39 is 0 Å². The molecule has 0 radical (unpaired) electrons. The second kappa shape index (κ2) is 6.77. The van der Waals surface area contributed by atoms with Crippen LogP contribution in [0.3, 0.4) is 0 Å². The molecule has 82 valence electrons. The normalized spacial score (nSPS) is 10.6. The van der Waals surface area contributed by atoms with E-state index in [1.807, 2.05) is 18.2 Å². The van der Waals surface area contributed by atoms with E-state index in [2.05, 4.69) is 39.5 Å². The van der Waals surface area contributed by atoms with Crippen molar-refractivity contribution in [3.63, 3.8) is 0 Å². The molecule has 0 fully saturated rings. The Balaban J connectivity index is 2.56. The lowest BCUT2D eigenvalue weighted by molar-refractivity contribution is 0.203.